The summed E-state index contributed by atoms with van der Waals surface area (Å²) >= 11 is 0. The highest BCUT2D eigenvalue weighted by atomic mass is 127. The van der Waals surface area contributed by atoms with Crippen LogP contribution in [0.3, 0.4) is 0 Å². The predicted molar refractivity (Wildman–Crippen MR) is 122 cm³/mol. The highest BCUT2D eigenvalue weighted by molar-refractivity contribution is 14.0. The van der Waals surface area contributed by atoms with Crippen molar-refractivity contribution in [3.05, 3.63) is 17.7 Å². The molecule has 0 saturated carbocycles. The van der Waals surface area contributed by atoms with Gasteiger partial charge in [0.2, 0.25) is 0 Å². The van der Waals surface area contributed by atoms with Gasteiger partial charge >= 0.3 is 0 Å². The van der Waals surface area contributed by atoms with Crippen LogP contribution in [0.1, 0.15) is 12.5 Å². The fourth-order valence-electron chi connectivity index (χ4n) is 2.89. The number of methoxy groups -OCH3 is 3. The normalized spacial score (nSPS) is 14.8. The molecule has 0 aliphatic carbocycles. The average Bonchev–Trinajstić information content (AvgIpc) is 2.72. The molecule has 0 spiro atoms. The number of aliphatic imine (C=N–C) groups is 1. The fraction of sp³-hybridized carbons (Fsp3) is 0.632. The van der Waals surface area contributed by atoms with Gasteiger partial charge in [-0.1, -0.05) is 0 Å². The molecule has 9 heteroatoms. The molecular weight excluding hydrogens is 475 g/mol. The molecule has 0 aromatic heterocycles. The summed E-state index contributed by atoms with van der Waals surface area (Å²) in [4.78, 5) is 7.07. The highest BCUT2D eigenvalue weighted by Gasteiger charge is 2.14. The van der Waals surface area contributed by atoms with Gasteiger partial charge in [-0.05, 0) is 6.92 Å². The van der Waals surface area contributed by atoms with Gasteiger partial charge in [0.25, 0.3) is 0 Å². The Labute approximate surface area is 185 Å². The molecule has 1 aromatic rings. The number of nitrogens with zero attached hydrogens (tertiary/aromatic N) is 2. The minimum atomic E-state index is 0. The lowest BCUT2D eigenvalue weighted by atomic mass is 10.1. The molecule has 0 bridgehead atoms. The van der Waals surface area contributed by atoms with E-state index < -0.39 is 0 Å². The summed E-state index contributed by atoms with van der Waals surface area (Å²) in [5.74, 6) is 2.84. The van der Waals surface area contributed by atoms with E-state index in [4.69, 9.17) is 18.9 Å². The van der Waals surface area contributed by atoms with E-state index >= 15 is 0 Å². The molecule has 8 nitrogen and oxygen atoms in total. The second kappa shape index (κ2) is 13.7. The van der Waals surface area contributed by atoms with E-state index in [-0.39, 0.29) is 24.0 Å². The first-order valence-corrected chi connectivity index (χ1v) is 9.33. The van der Waals surface area contributed by atoms with E-state index in [1.165, 1.54) is 0 Å². The van der Waals surface area contributed by atoms with Crippen LogP contribution in [0.4, 0.5) is 0 Å². The number of benzene rings is 1. The van der Waals surface area contributed by atoms with E-state index in [0.717, 1.165) is 57.5 Å². The highest BCUT2D eigenvalue weighted by Crippen LogP contribution is 2.34. The third kappa shape index (κ3) is 7.51. The van der Waals surface area contributed by atoms with Crippen LogP contribution in [-0.4, -0.2) is 78.1 Å². The molecule has 0 atom stereocenters. The zero-order chi connectivity index (χ0) is 19.5. The van der Waals surface area contributed by atoms with Crippen LogP contribution in [0.2, 0.25) is 0 Å². The molecule has 1 fully saturated rings. The first kappa shape index (κ1) is 24.6. The molecule has 0 radical (unpaired) electrons. The number of morpholine rings is 1. The number of nitrogens with one attached hydrogen (secondary N) is 2. The Morgan fingerprint density at radius 2 is 1.71 bits per heavy atom. The van der Waals surface area contributed by atoms with Gasteiger partial charge in [-0.2, -0.15) is 0 Å². The molecule has 0 amide bonds. The van der Waals surface area contributed by atoms with Crippen molar-refractivity contribution in [1.82, 2.24) is 15.5 Å². The Hall–Kier alpha value is -1.46. The van der Waals surface area contributed by atoms with E-state index in [2.05, 4.69) is 20.5 Å². The minimum absolute atomic E-state index is 0. The maximum Gasteiger partial charge on any atom is 0.191 e. The Balaban J connectivity index is 0.00000392. The third-order valence-electron chi connectivity index (χ3n) is 4.38. The molecule has 28 heavy (non-hydrogen) atoms. The van der Waals surface area contributed by atoms with E-state index in [9.17, 15) is 0 Å². The lowest BCUT2D eigenvalue weighted by Gasteiger charge is -2.26. The third-order valence-corrected chi connectivity index (χ3v) is 4.38. The van der Waals surface area contributed by atoms with Crippen LogP contribution in [0.15, 0.2) is 17.1 Å². The Kier molecular flexibility index (Phi) is 12.0. The molecule has 1 saturated heterocycles. The maximum atomic E-state index is 5.49. The lowest BCUT2D eigenvalue weighted by molar-refractivity contribution is 0.0389. The SMILES string of the molecule is CCNC(=NCc1c(OC)cc(OC)cc1OC)NCCN1CCOCC1.I. The quantitative estimate of drug-likeness (QED) is 0.299. The summed E-state index contributed by atoms with van der Waals surface area (Å²) < 4.78 is 21.7. The Bertz CT molecular complexity index is 585. The van der Waals surface area contributed by atoms with Crippen molar-refractivity contribution in [2.75, 3.05) is 67.3 Å². The van der Waals surface area contributed by atoms with E-state index in [0.29, 0.717) is 23.8 Å². The molecular formula is C19H33IN4O4. The minimum Gasteiger partial charge on any atom is -0.496 e. The molecule has 0 unspecified atom stereocenters. The van der Waals surface area contributed by atoms with Crippen molar-refractivity contribution in [3.63, 3.8) is 0 Å². The maximum absolute atomic E-state index is 5.49. The van der Waals surface area contributed by atoms with Gasteiger partial charge in [0.05, 0.1) is 46.7 Å². The lowest BCUT2D eigenvalue weighted by Crippen LogP contribution is -2.44. The van der Waals surface area contributed by atoms with Crippen LogP contribution in [-0.2, 0) is 11.3 Å². The van der Waals surface area contributed by atoms with Crippen LogP contribution < -0.4 is 24.8 Å². The van der Waals surface area contributed by atoms with Crippen molar-refractivity contribution in [2.24, 2.45) is 4.99 Å². The van der Waals surface area contributed by atoms with Gasteiger partial charge in [-0.15, -0.1) is 24.0 Å². The second-order valence-electron chi connectivity index (χ2n) is 6.09. The van der Waals surface area contributed by atoms with Crippen LogP contribution in [0, 0.1) is 0 Å². The molecule has 2 rings (SSSR count). The number of ether oxygens (including phenoxy) is 4. The molecule has 2 N–H and O–H groups in total. The topological polar surface area (TPSA) is 76.6 Å². The zero-order valence-corrected chi connectivity index (χ0v) is 19.6. The van der Waals surface area contributed by atoms with Crippen molar-refractivity contribution in [1.29, 1.82) is 0 Å². The van der Waals surface area contributed by atoms with Gasteiger partial charge in [0.15, 0.2) is 5.96 Å². The number of halogens is 1. The van der Waals surface area contributed by atoms with E-state index in [1.54, 1.807) is 21.3 Å². The van der Waals surface area contributed by atoms with Crippen molar-refractivity contribution in [3.8, 4) is 17.2 Å². The van der Waals surface area contributed by atoms with Crippen LogP contribution >= 0.6 is 24.0 Å². The van der Waals surface area contributed by atoms with Crippen molar-refractivity contribution >= 4 is 29.9 Å². The number of rotatable bonds is 9. The number of hydrogen-bond acceptors (Lipinski definition) is 6. The molecule has 1 aliphatic heterocycles. The molecule has 1 aromatic carbocycles. The summed E-state index contributed by atoms with van der Waals surface area (Å²) in [7, 11) is 4.88. The summed E-state index contributed by atoms with van der Waals surface area (Å²) in [5.41, 5.74) is 0.881. The fourth-order valence-corrected chi connectivity index (χ4v) is 2.89. The largest absolute Gasteiger partial charge is 0.496 e. The Morgan fingerprint density at radius 3 is 2.25 bits per heavy atom. The van der Waals surface area contributed by atoms with Crippen molar-refractivity contribution in [2.45, 2.75) is 13.5 Å². The van der Waals surface area contributed by atoms with Gasteiger partial charge < -0.3 is 29.6 Å². The van der Waals surface area contributed by atoms with E-state index in [1.807, 2.05) is 19.1 Å². The van der Waals surface area contributed by atoms with Crippen molar-refractivity contribution < 1.29 is 18.9 Å². The van der Waals surface area contributed by atoms with Crippen LogP contribution in [0.25, 0.3) is 0 Å². The summed E-state index contributed by atoms with van der Waals surface area (Å²) in [6.45, 7) is 8.64. The number of guanidine groups is 1. The first-order chi connectivity index (χ1) is 13.2. The smallest absolute Gasteiger partial charge is 0.191 e. The van der Waals surface area contributed by atoms with Crippen LogP contribution in [0.5, 0.6) is 17.2 Å². The van der Waals surface area contributed by atoms with Gasteiger partial charge in [0.1, 0.15) is 17.2 Å². The predicted octanol–water partition coefficient (Wildman–Crippen LogP) is 1.72. The second-order valence-corrected chi connectivity index (χ2v) is 6.09. The van der Waals surface area contributed by atoms with Gasteiger partial charge in [-0.3, -0.25) is 4.90 Å². The Morgan fingerprint density at radius 1 is 1.07 bits per heavy atom. The molecule has 1 heterocycles. The first-order valence-electron chi connectivity index (χ1n) is 9.33. The summed E-state index contributed by atoms with van der Waals surface area (Å²) in [6.07, 6.45) is 0. The average molecular weight is 508 g/mol. The standard InChI is InChI=1S/C19H32N4O4.HI/c1-5-20-19(21-6-7-23-8-10-27-11-9-23)22-14-16-17(25-3)12-15(24-2)13-18(16)26-4;/h12-13H,5-11,14H2,1-4H3,(H2,20,21,22);1H. The summed E-state index contributed by atoms with van der Waals surface area (Å²) in [5, 5.41) is 6.66. The van der Waals surface area contributed by atoms with Gasteiger partial charge in [0, 0.05) is 44.9 Å². The zero-order valence-electron chi connectivity index (χ0n) is 17.2. The molecule has 160 valence electrons. The monoisotopic (exact) mass is 508 g/mol. The molecule has 1 aliphatic rings. The van der Waals surface area contributed by atoms with Gasteiger partial charge in [-0.25, -0.2) is 4.99 Å². The number of hydrogen-bond donors (Lipinski definition) is 2. The summed E-state index contributed by atoms with van der Waals surface area (Å²) in [6, 6.07) is 3.68.